The highest BCUT2D eigenvalue weighted by molar-refractivity contribution is 5.09. The fourth-order valence-electron chi connectivity index (χ4n) is 1.96. The molecule has 0 bridgehead atoms. The zero-order valence-electron chi connectivity index (χ0n) is 11.9. The molecule has 0 unspecified atom stereocenters. The highest BCUT2D eigenvalue weighted by Gasteiger charge is 2.02. The molecule has 102 valence electrons. The number of rotatable bonds is 10. The molecule has 0 atom stereocenters. The number of hydrogen-bond acceptors (Lipinski definition) is 3. The summed E-state index contributed by atoms with van der Waals surface area (Å²) in [6.45, 7) is 9.94. The molecule has 1 rings (SSSR count). The number of pyridine rings is 1. The van der Waals surface area contributed by atoms with Crippen molar-refractivity contribution in [3.8, 4) is 0 Å². The van der Waals surface area contributed by atoms with Crippen molar-refractivity contribution in [1.29, 1.82) is 0 Å². The van der Waals surface area contributed by atoms with Crippen molar-refractivity contribution in [3.05, 3.63) is 30.1 Å². The van der Waals surface area contributed by atoms with E-state index in [1.165, 1.54) is 24.8 Å². The molecule has 0 aliphatic heterocycles. The zero-order chi connectivity index (χ0) is 13.1. The van der Waals surface area contributed by atoms with Gasteiger partial charge < -0.3 is 5.32 Å². The van der Waals surface area contributed by atoms with E-state index in [4.69, 9.17) is 0 Å². The van der Waals surface area contributed by atoms with Gasteiger partial charge in [-0.25, -0.2) is 0 Å². The lowest BCUT2D eigenvalue weighted by molar-refractivity contribution is 0.279. The van der Waals surface area contributed by atoms with Crippen LogP contribution in [-0.2, 0) is 6.54 Å². The van der Waals surface area contributed by atoms with Crippen molar-refractivity contribution in [3.63, 3.8) is 0 Å². The summed E-state index contributed by atoms with van der Waals surface area (Å²) < 4.78 is 0. The van der Waals surface area contributed by atoms with E-state index in [-0.39, 0.29) is 0 Å². The average molecular weight is 249 g/mol. The van der Waals surface area contributed by atoms with Crippen LogP contribution in [0.1, 0.15) is 38.7 Å². The van der Waals surface area contributed by atoms with Gasteiger partial charge >= 0.3 is 0 Å². The summed E-state index contributed by atoms with van der Waals surface area (Å²) in [6.07, 6.45) is 7.66. The maximum atomic E-state index is 4.05. The van der Waals surface area contributed by atoms with E-state index >= 15 is 0 Å². The standard InChI is InChI=1S/C15H27N3/c1-3-5-6-9-16-12-13-18(4-2)14-15-7-10-17-11-8-15/h7-8,10-11,16H,3-6,9,12-14H2,1-2H3. The molecule has 1 aromatic rings. The van der Waals surface area contributed by atoms with Crippen molar-refractivity contribution in [2.75, 3.05) is 26.2 Å². The van der Waals surface area contributed by atoms with Crippen LogP contribution in [0.3, 0.4) is 0 Å². The maximum Gasteiger partial charge on any atom is 0.0271 e. The monoisotopic (exact) mass is 249 g/mol. The Hall–Kier alpha value is -0.930. The fraction of sp³-hybridized carbons (Fsp3) is 0.667. The molecule has 0 saturated carbocycles. The Morgan fingerprint density at radius 2 is 1.89 bits per heavy atom. The average Bonchev–Trinajstić information content (AvgIpc) is 2.42. The first-order valence-electron chi connectivity index (χ1n) is 7.18. The van der Waals surface area contributed by atoms with Gasteiger partial charge in [0.2, 0.25) is 0 Å². The lowest BCUT2D eigenvalue weighted by atomic mass is 10.2. The van der Waals surface area contributed by atoms with Crippen LogP contribution in [0.4, 0.5) is 0 Å². The van der Waals surface area contributed by atoms with E-state index < -0.39 is 0 Å². The van der Waals surface area contributed by atoms with Gasteiger partial charge in [0.25, 0.3) is 0 Å². The van der Waals surface area contributed by atoms with Crippen molar-refractivity contribution in [1.82, 2.24) is 15.2 Å². The molecule has 1 aromatic heterocycles. The normalized spacial score (nSPS) is 11.1. The lowest BCUT2D eigenvalue weighted by Gasteiger charge is -2.20. The van der Waals surface area contributed by atoms with Gasteiger partial charge in [0, 0.05) is 32.0 Å². The van der Waals surface area contributed by atoms with Gasteiger partial charge in [-0.1, -0.05) is 26.7 Å². The minimum absolute atomic E-state index is 1.02. The SMILES string of the molecule is CCCCCNCCN(CC)Cc1ccncc1. The van der Waals surface area contributed by atoms with Crippen LogP contribution in [0.2, 0.25) is 0 Å². The highest BCUT2D eigenvalue weighted by atomic mass is 15.1. The van der Waals surface area contributed by atoms with Crippen molar-refractivity contribution < 1.29 is 0 Å². The minimum Gasteiger partial charge on any atom is -0.315 e. The molecule has 3 nitrogen and oxygen atoms in total. The third kappa shape index (κ3) is 6.72. The topological polar surface area (TPSA) is 28.2 Å². The largest absolute Gasteiger partial charge is 0.315 e. The molecule has 0 aliphatic rings. The van der Waals surface area contributed by atoms with Crippen LogP contribution >= 0.6 is 0 Å². The molecule has 3 heteroatoms. The van der Waals surface area contributed by atoms with Crippen LogP contribution in [0.5, 0.6) is 0 Å². The summed E-state index contributed by atoms with van der Waals surface area (Å²) in [5, 5.41) is 3.52. The van der Waals surface area contributed by atoms with Gasteiger partial charge in [0.1, 0.15) is 0 Å². The summed E-state index contributed by atoms with van der Waals surface area (Å²) in [5.74, 6) is 0. The van der Waals surface area contributed by atoms with Gasteiger partial charge in [-0.05, 0) is 37.2 Å². The van der Waals surface area contributed by atoms with E-state index in [0.717, 1.165) is 32.7 Å². The molecular formula is C15H27N3. The van der Waals surface area contributed by atoms with Gasteiger partial charge in [0.15, 0.2) is 0 Å². The molecule has 0 spiro atoms. The Bertz CT molecular complexity index is 287. The van der Waals surface area contributed by atoms with Crippen LogP contribution < -0.4 is 5.32 Å². The predicted molar refractivity (Wildman–Crippen MR) is 77.6 cm³/mol. The van der Waals surface area contributed by atoms with Crippen molar-refractivity contribution in [2.45, 2.75) is 39.7 Å². The molecular weight excluding hydrogens is 222 g/mol. The number of hydrogen-bond donors (Lipinski definition) is 1. The number of nitrogens with one attached hydrogen (secondary N) is 1. The number of likely N-dealkylation sites (N-methyl/N-ethyl adjacent to an activating group) is 1. The van der Waals surface area contributed by atoms with Crippen LogP contribution in [-0.4, -0.2) is 36.1 Å². The van der Waals surface area contributed by atoms with E-state index in [0.29, 0.717) is 0 Å². The summed E-state index contributed by atoms with van der Waals surface area (Å²) in [5.41, 5.74) is 1.35. The van der Waals surface area contributed by atoms with E-state index in [9.17, 15) is 0 Å². The number of aromatic nitrogens is 1. The molecule has 0 aliphatic carbocycles. The Morgan fingerprint density at radius 1 is 1.11 bits per heavy atom. The zero-order valence-corrected chi connectivity index (χ0v) is 11.9. The van der Waals surface area contributed by atoms with E-state index in [2.05, 4.69) is 41.2 Å². The summed E-state index contributed by atoms with van der Waals surface area (Å²) >= 11 is 0. The molecule has 0 saturated heterocycles. The first-order valence-corrected chi connectivity index (χ1v) is 7.18. The summed E-state index contributed by atoms with van der Waals surface area (Å²) in [4.78, 5) is 6.51. The van der Waals surface area contributed by atoms with Crippen LogP contribution in [0.25, 0.3) is 0 Å². The quantitative estimate of drug-likeness (QED) is 0.646. The predicted octanol–water partition coefficient (Wildman–Crippen LogP) is 2.68. The smallest absolute Gasteiger partial charge is 0.0271 e. The fourth-order valence-corrected chi connectivity index (χ4v) is 1.96. The Balaban J connectivity index is 2.14. The first-order chi connectivity index (χ1) is 8.86. The number of nitrogens with zero attached hydrogens (tertiary/aromatic N) is 2. The van der Waals surface area contributed by atoms with Gasteiger partial charge in [0.05, 0.1) is 0 Å². The highest BCUT2D eigenvalue weighted by Crippen LogP contribution is 2.02. The van der Waals surface area contributed by atoms with Gasteiger partial charge in [-0.2, -0.15) is 0 Å². The number of unbranched alkanes of at least 4 members (excludes halogenated alkanes) is 2. The van der Waals surface area contributed by atoms with Crippen LogP contribution in [0, 0.1) is 0 Å². The van der Waals surface area contributed by atoms with Crippen molar-refractivity contribution in [2.24, 2.45) is 0 Å². The Morgan fingerprint density at radius 3 is 2.56 bits per heavy atom. The summed E-state index contributed by atoms with van der Waals surface area (Å²) in [6, 6.07) is 4.19. The minimum atomic E-state index is 1.02. The molecule has 18 heavy (non-hydrogen) atoms. The van der Waals surface area contributed by atoms with E-state index in [1.807, 2.05) is 12.4 Å². The van der Waals surface area contributed by atoms with Crippen LogP contribution in [0.15, 0.2) is 24.5 Å². The van der Waals surface area contributed by atoms with E-state index in [1.54, 1.807) is 0 Å². The molecule has 0 aromatic carbocycles. The molecule has 1 N–H and O–H groups in total. The van der Waals surface area contributed by atoms with Crippen molar-refractivity contribution >= 4 is 0 Å². The molecule has 0 radical (unpaired) electrons. The third-order valence-electron chi connectivity index (χ3n) is 3.16. The molecule has 1 heterocycles. The summed E-state index contributed by atoms with van der Waals surface area (Å²) in [7, 11) is 0. The second-order valence-corrected chi connectivity index (χ2v) is 4.68. The molecule has 0 fully saturated rings. The Labute approximate surface area is 112 Å². The molecule has 0 amide bonds. The van der Waals surface area contributed by atoms with Gasteiger partial charge in [-0.15, -0.1) is 0 Å². The Kier molecular flexibility index (Phi) is 8.43. The third-order valence-corrected chi connectivity index (χ3v) is 3.16. The van der Waals surface area contributed by atoms with Gasteiger partial charge in [-0.3, -0.25) is 9.88 Å². The second-order valence-electron chi connectivity index (χ2n) is 4.68. The lowest BCUT2D eigenvalue weighted by Crippen LogP contribution is -2.32. The maximum absolute atomic E-state index is 4.05. The first kappa shape index (κ1) is 15.1. The second kappa shape index (κ2) is 10.0.